The Labute approximate surface area is 89.7 Å². The summed E-state index contributed by atoms with van der Waals surface area (Å²) >= 11 is 0. The zero-order chi connectivity index (χ0) is 10.2. The molecule has 0 aromatic heterocycles. The molecule has 1 heteroatoms. The van der Waals surface area contributed by atoms with Crippen molar-refractivity contribution in [1.29, 1.82) is 0 Å². The van der Waals surface area contributed by atoms with Gasteiger partial charge in [-0.3, -0.25) is 0 Å². The highest BCUT2D eigenvalue weighted by molar-refractivity contribution is 4.78. The van der Waals surface area contributed by atoms with Gasteiger partial charge in [0.2, 0.25) is 0 Å². The van der Waals surface area contributed by atoms with E-state index in [0.717, 1.165) is 11.8 Å². The number of unbranched alkanes of at least 4 members (excludes halogenated alkanes) is 1. The third-order valence-electron chi connectivity index (χ3n) is 3.58. The first-order valence-electron chi connectivity index (χ1n) is 6.59. The van der Waals surface area contributed by atoms with Gasteiger partial charge in [0, 0.05) is 0 Å². The molecule has 2 unspecified atom stereocenters. The molecule has 1 nitrogen and oxygen atoms in total. The summed E-state index contributed by atoms with van der Waals surface area (Å²) in [5.74, 6) is 2.03. The SMILES string of the molecule is CCCCC1CCCC1CNCCC. The van der Waals surface area contributed by atoms with Crippen LogP contribution in [0.3, 0.4) is 0 Å². The third kappa shape index (κ3) is 4.00. The lowest BCUT2D eigenvalue weighted by Gasteiger charge is -2.19. The number of nitrogens with one attached hydrogen (secondary N) is 1. The summed E-state index contributed by atoms with van der Waals surface area (Å²) in [4.78, 5) is 0. The molecule has 0 aromatic carbocycles. The van der Waals surface area contributed by atoms with E-state index in [9.17, 15) is 0 Å². The highest BCUT2D eigenvalue weighted by Crippen LogP contribution is 2.34. The first-order valence-corrected chi connectivity index (χ1v) is 6.59. The van der Waals surface area contributed by atoms with Crippen molar-refractivity contribution in [2.45, 2.75) is 58.8 Å². The Balaban J connectivity index is 2.14. The van der Waals surface area contributed by atoms with E-state index in [1.165, 1.54) is 58.0 Å². The standard InChI is InChI=1S/C13H27N/c1-3-5-7-12-8-6-9-13(12)11-14-10-4-2/h12-14H,3-11H2,1-2H3. The van der Waals surface area contributed by atoms with E-state index in [2.05, 4.69) is 19.2 Å². The highest BCUT2D eigenvalue weighted by Gasteiger charge is 2.25. The summed E-state index contributed by atoms with van der Waals surface area (Å²) in [5, 5.41) is 3.58. The fraction of sp³-hybridized carbons (Fsp3) is 1.00. The molecule has 0 radical (unpaired) electrons. The molecule has 0 aromatic rings. The fourth-order valence-corrected chi connectivity index (χ4v) is 2.69. The molecular weight excluding hydrogens is 170 g/mol. The Bertz CT molecular complexity index is 133. The molecule has 2 atom stereocenters. The van der Waals surface area contributed by atoms with Gasteiger partial charge in [0.05, 0.1) is 0 Å². The van der Waals surface area contributed by atoms with E-state index >= 15 is 0 Å². The van der Waals surface area contributed by atoms with Crippen molar-refractivity contribution in [1.82, 2.24) is 5.32 Å². The van der Waals surface area contributed by atoms with Gasteiger partial charge in [0.25, 0.3) is 0 Å². The van der Waals surface area contributed by atoms with Crippen molar-refractivity contribution in [3.63, 3.8) is 0 Å². The van der Waals surface area contributed by atoms with E-state index in [0.29, 0.717) is 0 Å². The minimum Gasteiger partial charge on any atom is -0.316 e. The average molecular weight is 197 g/mol. The van der Waals surface area contributed by atoms with Gasteiger partial charge in [-0.25, -0.2) is 0 Å². The normalized spacial score (nSPS) is 27.0. The Kier molecular flexibility index (Phi) is 6.25. The van der Waals surface area contributed by atoms with E-state index in [1.54, 1.807) is 0 Å². The molecule has 1 fully saturated rings. The second-order valence-electron chi connectivity index (χ2n) is 4.80. The number of hydrogen-bond donors (Lipinski definition) is 1. The Morgan fingerprint density at radius 3 is 2.57 bits per heavy atom. The minimum absolute atomic E-state index is 0.994. The summed E-state index contributed by atoms with van der Waals surface area (Å²) in [7, 11) is 0. The molecular formula is C13H27N. The summed E-state index contributed by atoms with van der Waals surface area (Å²) in [6.07, 6.45) is 10.0. The molecule has 1 aliphatic carbocycles. The molecule has 1 saturated carbocycles. The lowest BCUT2D eigenvalue weighted by Crippen LogP contribution is -2.25. The molecule has 0 heterocycles. The summed E-state index contributed by atoms with van der Waals surface area (Å²) < 4.78 is 0. The first-order chi connectivity index (χ1) is 6.88. The summed E-state index contributed by atoms with van der Waals surface area (Å²) in [6, 6.07) is 0. The van der Waals surface area contributed by atoms with Crippen molar-refractivity contribution < 1.29 is 0 Å². The maximum Gasteiger partial charge on any atom is -0.00179 e. The predicted octanol–water partition coefficient (Wildman–Crippen LogP) is 3.59. The van der Waals surface area contributed by atoms with Crippen LogP contribution in [0.2, 0.25) is 0 Å². The monoisotopic (exact) mass is 197 g/mol. The van der Waals surface area contributed by atoms with Gasteiger partial charge in [0.1, 0.15) is 0 Å². The highest BCUT2D eigenvalue weighted by atomic mass is 14.9. The van der Waals surface area contributed by atoms with Crippen LogP contribution in [0.25, 0.3) is 0 Å². The second-order valence-corrected chi connectivity index (χ2v) is 4.80. The molecule has 0 saturated heterocycles. The summed E-state index contributed by atoms with van der Waals surface area (Å²) in [6.45, 7) is 7.04. The van der Waals surface area contributed by atoms with Crippen LogP contribution in [0.15, 0.2) is 0 Å². The molecule has 0 spiro atoms. The summed E-state index contributed by atoms with van der Waals surface area (Å²) in [5.41, 5.74) is 0. The van der Waals surface area contributed by atoms with Crippen LogP contribution in [-0.2, 0) is 0 Å². The lowest BCUT2D eigenvalue weighted by atomic mass is 9.91. The van der Waals surface area contributed by atoms with E-state index < -0.39 is 0 Å². The Morgan fingerprint density at radius 2 is 1.86 bits per heavy atom. The molecule has 0 bridgehead atoms. The van der Waals surface area contributed by atoms with Gasteiger partial charge in [0.15, 0.2) is 0 Å². The molecule has 1 aliphatic rings. The zero-order valence-corrected chi connectivity index (χ0v) is 10.0. The molecule has 0 aliphatic heterocycles. The molecule has 1 rings (SSSR count). The molecule has 14 heavy (non-hydrogen) atoms. The number of hydrogen-bond acceptors (Lipinski definition) is 1. The topological polar surface area (TPSA) is 12.0 Å². The second kappa shape index (κ2) is 7.28. The van der Waals surface area contributed by atoms with Crippen LogP contribution in [0.1, 0.15) is 58.8 Å². The van der Waals surface area contributed by atoms with Crippen molar-refractivity contribution in [3.8, 4) is 0 Å². The molecule has 84 valence electrons. The van der Waals surface area contributed by atoms with Gasteiger partial charge < -0.3 is 5.32 Å². The van der Waals surface area contributed by atoms with Gasteiger partial charge in [-0.05, 0) is 37.8 Å². The average Bonchev–Trinajstić information content (AvgIpc) is 2.63. The van der Waals surface area contributed by atoms with E-state index in [1.807, 2.05) is 0 Å². The minimum atomic E-state index is 0.994. The van der Waals surface area contributed by atoms with Crippen LogP contribution >= 0.6 is 0 Å². The fourth-order valence-electron chi connectivity index (χ4n) is 2.69. The Hall–Kier alpha value is -0.0400. The van der Waals surface area contributed by atoms with E-state index in [4.69, 9.17) is 0 Å². The lowest BCUT2D eigenvalue weighted by molar-refractivity contribution is 0.340. The van der Waals surface area contributed by atoms with Crippen molar-refractivity contribution in [2.24, 2.45) is 11.8 Å². The van der Waals surface area contributed by atoms with Gasteiger partial charge in [-0.2, -0.15) is 0 Å². The van der Waals surface area contributed by atoms with Gasteiger partial charge >= 0.3 is 0 Å². The van der Waals surface area contributed by atoms with Crippen molar-refractivity contribution in [2.75, 3.05) is 13.1 Å². The quantitative estimate of drug-likeness (QED) is 0.615. The smallest absolute Gasteiger partial charge is 0.00179 e. The van der Waals surface area contributed by atoms with Crippen LogP contribution in [-0.4, -0.2) is 13.1 Å². The number of rotatable bonds is 7. The zero-order valence-electron chi connectivity index (χ0n) is 10.0. The maximum atomic E-state index is 3.58. The van der Waals surface area contributed by atoms with Crippen molar-refractivity contribution in [3.05, 3.63) is 0 Å². The van der Waals surface area contributed by atoms with Crippen molar-refractivity contribution >= 4 is 0 Å². The maximum absolute atomic E-state index is 3.58. The molecule has 0 amide bonds. The first kappa shape index (κ1) is 12.0. The predicted molar refractivity (Wildman–Crippen MR) is 63.5 cm³/mol. The van der Waals surface area contributed by atoms with Crippen LogP contribution in [0.4, 0.5) is 0 Å². The largest absolute Gasteiger partial charge is 0.316 e. The van der Waals surface area contributed by atoms with Crippen LogP contribution < -0.4 is 5.32 Å². The van der Waals surface area contributed by atoms with Crippen LogP contribution in [0.5, 0.6) is 0 Å². The molecule has 1 N–H and O–H groups in total. The van der Waals surface area contributed by atoms with Gasteiger partial charge in [-0.1, -0.05) is 46.0 Å². The van der Waals surface area contributed by atoms with E-state index in [-0.39, 0.29) is 0 Å². The van der Waals surface area contributed by atoms with Gasteiger partial charge in [-0.15, -0.1) is 0 Å². The van der Waals surface area contributed by atoms with Crippen LogP contribution in [0, 0.1) is 11.8 Å². The Morgan fingerprint density at radius 1 is 1.07 bits per heavy atom. The third-order valence-corrected chi connectivity index (χ3v) is 3.58.